The van der Waals surface area contributed by atoms with Crippen molar-refractivity contribution in [3.8, 4) is 11.8 Å². The Labute approximate surface area is 66.5 Å². The summed E-state index contributed by atoms with van der Waals surface area (Å²) in [5.41, 5.74) is 0.00201. The molecule has 9 heavy (non-hydrogen) atoms. The first-order valence-corrected chi connectivity index (χ1v) is 3.60. The Hall–Kier alpha value is 0.140. The van der Waals surface area contributed by atoms with Gasteiger partial charge >= 0.3 is 0 Å². The van der Waals surface area contributed by atoms with Gasteiger partial charge in [0.2, 0.25) is 0 Å². The van der Waals surface area contributed by atoms with Crippen LogP contribution in [0.25, 0.3) is 0 Å². The molecule has 0 aromatic rings. The van der Waals surface area contributed by atoms with Gasteiger partial charge in [0.05, 0.1) is 0 Å². The maximum absolute atomic E-state index is 5.38. The van der Waals surface area contributed by atoms with Crippen molar-refractivity contribution in [2.75, 3.05) is 0 Å². The van der Waals surface area contributed by atoms with E-state index in [1.807, 2.05) is 20.8 Å². The zero-order chi connectivity index (χ0) is 7.49. The van der Waals surface area contributed by atoms with E-state index in [2.05, 4.69) is 11.8 Å². The van der Waals surface area contributed by atoms with Gasteiger partial charge in [-0.15, -0.1) is 0 Å². The fourth-order valence-electron chi connectivity index (χ4n) is 0.271. The van der Waals surface area contributed by atoms with E-state index in [1.54, 1.807) is 0 Å². The summed E-state index contributed by atoms with van der Waals surface area (Å²) in [6.45, 7) is 6.03. The molecule has 0 heterocycles. The Morgan fingerprint density at radius 3 is 1.78 bits per heavy atom. The molecule has 0 aliphatic carbocycles. The molecule has 0 saturated carbocycles. The third kappa shape index (κ3) is 8.14. The van der Waals surface area contributed by atoms with Gasteiger partial charge in [0.25, 0.3) is 0 Å². The van der Waals surface area contributed by atoms with E-state index in [1.165, 1.54) is 0 Å². The van der Waals surface area contributed by atoms with Crippen molar-refractivity contribution in [2.45, 2.75) is 25.6 Å². The molecule has 0 bridgehead atoms. The molecular formula is C7H10Cl2. The van der Waals surface area contributed by atoms with Gasteiger partial charge in [-0.3, -0.25) is 0 Å². The molecule has 0 amide bonds. The molecule has 0 N–H and O–H groups in total. The maximum atomic E-state index is 5.38. The molecule has 0 aliphatic heterocycles. The van der Waals surface area contributed by atoms with Crippen LogP contribution in [0.1, 0.15) is 20.8 Å². The fraction of sp³-hybridized carbons (Fsp3) is 0.714. The number of alkyl halides is 2. The van der Waals surface area contributed by atoms with E-state index in [9.17, 15) is 0 Å². The van der Waals surface area contributed by atoms with Crippen LogP contribution in [0.4, 0.5) is 0 Å². The summed E-state index contributed by atoms with van der Waals surface area (Å²) in [6, 6.07) is 0. The summed E-state index contributed by atoms with van der Waals surface area (Å²) < 4.78 is 0. The van der Waals surface area contributed by atoms with Gasteiger partial charge in [-0.05, 0) is 20.8 Å². The number of hydrogen-bond acceptors (Lipinski definition) is 0. The van der Waals surface area contributed by atoms with Gasteiger partial charge < -0.3 is 0 Å². The molecule has 0 aliphatic rings. The zero-order valence-corrected chi connectivity index (χ0v) is 7.35. The Morgan fingerprint density at radius 2 is 1.67 bits per heavy atom. The summed E-state index contributed by atoms with van der Waals surface area (Å²) in [7, 11) is 0. The average Bonchev–Trinajstić information content (AvgIpc) is 1.59. The van der Waals surface area contributed by atoms with Crippen molar-refractivity contribution in [1.82, 2.24) is 0 Å². The second kappa shape index (κ2) is 3.34. The van der Waals surface area contributed by atoms with Crippen molar-refractivity contribution in [3.63, 3.8) is 0 Å². The fourth-order valence-corrected chi connectivity index (χ4v) is 0.380. The first-order valence-electron chi connectivity index (χ1n) is 2.73. The predicted molar refractivity (Wildman–Crippen MR) is 42.7 cm³/mol. The van der Waals surface area contributed by atoms with Gasteiger partial charge in [0.15, 0.2) is 4.84 Å². The standard InChI is InChI=1S/C7H10Cl2/c1-7(2,3)5-4-6(8)9/h6H,1-3H3. The van der Waals surface area contributed by atoms with Crippen LogP contribution in [0.2, 0.25) is 0 Å². The molecule has 0 aromatic carbocycles. The summed E-state index contributed by atoms with van der Waals surface area (Å²) in [4.78, 5) is -0.552. The van der Waals surface area contributed by atoms with Gasteiger partial charge in [0, 0.05) is 5.41 Å². The van der Waals surface area contributed by atoms with Gasteiger partial charge in [-0.25, -0.2) is 0 Å². The largest absolute Gasteiger partial charge is 0.167 e. The Balaban J connectivity index is 3.88. The number of rotatable bonds is 0. The van der Waals surface area contributed by atoms with E-state index in [0.29, 0.717) is 0 Å². The smallest absolute Gasteiger partial charge is 0.0945 e. The van der Waals surface area contributed by atoms with Crippen LogP contribution in [-0.4, -0.2) is 4.84 Å². The van der Waals surface area contributed by atoms with Crippen LogP contribution < -0.4 is 0 Å². The first-order chi connectivity index (χ1) is 3.92. The van der Waals surface area contributed by atoms with Crippen LogP contribution in [0.3, 0.4) is 0 Å². The molecule has 0 unspecified atom stereocenters. The molecule has 0 nitrogen and oxygen atoms in total. The van der Waals surface area contributed by atoms with E-state index < -0.39 is 4.84 Å². The van der Waals surface area contributed by atoms with Crippen LogP contribution in [0.15, 0.2) is 0 Å². The molecule has 0 spiro atoms. The Bertz CT molecular complexity index is 131. The normalized spacial score (nSPS) is 10.9. The quantitative estimate of drug-likeness (QED) is 0.382. The van der Waals surface area contributed by atoms with Crippen LogP contribution in [-0.2, 0) is 0 Å². The van der Waals surface area contributed by atoms with E-state index in [0.717, 1.165) is 0 Å². The maximum Gasteiger partial charge on any atom is 0.167 e. The van der Waals surface area contributed by atoms with Crippen molar-refractivity contribution in [2.24, 2.45) is 5.41 Å². The first kappa shape index (κ1) is 9.14. The molecular weight excluding hydrogens is 155 g/mol. The lowest BCUT2D eigenvalue weighted by molar-refractivity contribution is 0.570. The van der Waals surface area contributed by atoms with Gasteiger partial charge in [-0.2, -0.15) is 0 Å². The molecule has 0 rings (SSSR count). The molecule has 0 aromatic heterocycles. The second-order valence-electron chi connectivity index (χ2n) is 2.82. The summed E-state index contributed by atoms with van der Waals surface area (Å²) in [5, 5.41) is 0. The lowest BCUT2D eigenvalue weighted by Gasteiger charge is -2.06. The predicted octanol–water partition coefficient (Wildman–Crippen LogP) is 2.84. The van der Waals surface area contributed by atoms with E-state index in [4.69, 9.17) is 23.2 Å². The average molecular weight is 165 g/mol. The SMILES string of the molecule is CC(C)(C)C#CC(Cl)Cl. The van der Waals surface area contributed by atoms with Gasteiger partial charge in [-0.1, -0.05) is 35.0 Å². The lowest BCUT2D eigenvalue weighted by Crippen LogP contribution is -2.00. The van der Waals surface area contributed by atoms with E-state index >= 15 is 0 Å². The zero-order valence-electron chi connectivity index (χ0n) is 5.83. The molecule has 0 fully saturated rings. The second-order valence-corrected chi connectivity index (χ2v) is 3.92. The monoisotopic (exact) mass is 164 g/mol. The van der Waals surface area contributed by atoms with Crippen LogP contribution >= 0.6 is 23.2 Å². The van der Waals surface area contributed by atoms with Crippen molar-refractivity contribution < 1.29 is 0 Å². The van der Waals surface area contributed by atoms with Crippen LogP contribution in [0.5, 0.6) is 0 Å². The van der Waals surface area contributed by atoms with Crippen molar-refractivity contribution >= 4 is 23.2 Å². The summed E-state index contributed by atoms with van der Waals surface area (Å²) >= 11 is 10.8. The lowest BCUT2D eigenvalue weighted by atomic mass is 9.98. The molecule has 2 heteroatoms. The van der Waals surface area contributed by atoms with Crippen molar-refractivity contribution in [1.29, 1.82) is 0 Å². The molecule has 0 atom stereocenters. The molecule has 52 valence electrons. The number of hydrogen-bond donors (Lipinski definition) is 0. The van der Waals surface area contributed by atoms with E-state index in [-0.39, 0.29) is 5.41 Å². The third-order valence-corrected chi connectivity index (χ3v) is 0.774. The Kier molecular flexibility index (Phi) is 3.40. The Morgan fingerprint density at radius 1 is 1.22 bits per heavy atom. The van der Waals surface area contributed by atoms with Gasteiger partial charge in [0.1, 0.15) is 0 Å². The van der Waals surface area contributed by atoms with Crippen LogP contribution in [0, 0.1) is 17.3 Å². The highest BCUT2D eigenvalue weighted by Crippen LogP contribution is 2.11. The number of halogens is 2. The minimum atomic E-state index is -0.552. The third-order valence-electron chi connectivity index (χ3n) is 0.556. The highest BCUT2D eigenvalue weighted by atomic mass is 35.5. The molecule has 0 radical (unpaired) electrons. The topological polar surface area (TPSA) is 0 Å². The van der Waals surface area contributed by atoms with Crippen molar-refractivity contribution in [3.05, 3.63) is 0 Å². The minimum absolute atomic E-state index is 0.00201. The minimum Gasteiger partial charge on any atom is -0.0945 e. The summed E-state index contributed by atoms with van der Waals surface area (Å²) in [6.07, 6.45) is 0. The highest BCUT2D eigenvalue weighted by molar-refractivity contribution is 6.46. The summed E-state index contributed by atoms with van der Waals surface area (Å²) in [5.74, 6) is 5.57. The molecule has 0 saturated heterocycles. The highest BCUT2D eigenvalue weighted by Gasteiger charge is 2.03.